The average molecular weight is 315 g/mol. The Labute approximate surface area is 112 Å². The summed E-state index contributed by atoms with van der Waals surface area (Å²) in [6.07, 6.45) is 0.847. The SMILES string of the molecule is CCc1nc(-c2cc(F)cc(Br)c2)sc1CN. The highest BCUT2D eigenvalue weighted by atomic mass is 79.9. The summed E-state index contributed by atoms with van der Waals surface area (Å²) in [6, 6.07) is 4.78. The van der Waals surface area contributed by atoms with Crippen molar-refractivity contribution >= 4 is 27.3 Å². The molecule has 0 saturated carbocycles. The minimum atomic E-state index is -0.267. The quantitative estimate of drug-likeness (QED) is 0.937. The van der Waals surface area contributed by atoms with E-state index in [1.165, 1.54) is 23.5 Å². The first-order valence-electron chi connectivity index (χ1n) is 5.29. The number of hydrogen-bond acceptors (Lipinski definition) is 3. The smallest absolute Gasteiger partial charge is 0.125 e. The molecule has 2 N–H and O–H groups in total. The zero-order valence-electron chi connectivity index (χ0n) is 9.34. The number of rotatable bonds is 3. The van der Waals surface area contributed by atoms with Gasteiger partial charge in [0.1, 0.15) is 10.8 Å². The summed E-state index contributed by atoms with van der Waals surface area (Å²) >= 11 is 4.81. The second-order valence-corrected chi connectivity index (χ2v) is 5.60. The van der Waals surface area contributed by atoms with Crippen molar-refractivity contribution in [2.75, 3.05) is 0 Å². The molecule has 0 radical (unpaired) electrons. The fourth-order valence-corrected chi connectivity index (χ4v) is 3.10. The standard InChI is InChI=1S/C12H12BrFN2S/c1-2-10-11(6-15)17-12(16-10)7-3-8(13)5-9(14)4-7/h3-5H,2,6,15H2,1H3. The maximum atomic E-state index is 13.3. The van der Waals surface area contributed by atoms with E-state index >= 15 is 0 Å². The topological polar surface area (TPSA) is 38.9 Å². The maximum absolute atomic E-state index is 13.3. The van der Waals surface area contributed by atoms with Crippen LogP contribution in [0.25, 0.3) is 10.6 Å². The molecule has 0 atom stereocenters. The summed E-state index contributed by atoms with van der Waals surface area (Å²) in [5.74, 6) is -0.267. The van der Waals surface area contributed by atoms with Crippen molar-refractivity contribution in [2.24, 2.45) is 5.73 Å². The van der Waals surface area contributed by atoms with E-state index in [0.29, 0.717) is 6.54 Å². The Morgan fingerprint density at radius 3 is 2.71 bits per heavy atom. The van der Waals surface area contributed by atoms with Gasteiger partial charge in [0.2, 0.25) is 0 Å². The molecule has 0 aliphatic rings. The number of hydrogen-bond donors (Lipinski definition) is 1. The first kappa shape index (κ1) is 12.7. The van der Waals surface area contributed by atoms with Crippen molar-refractivity contribution in [3.8, 4) is 10.6 Å². The molecule has 0 aliphatic heterocycles. The number of aryl methyl sites for hydroxylation is 1. The summed E-state index contributed by atoms with van der Waals surface area (Å²) in [6.45, 7) is 2.52. The van der Waals surface area contributed by atoms with Crippen LogP contribution in [-0.2, 0) is 13.0 Å². The number of benzene rings is 1. The molecule has 0 saturated heterocycles. The van der Waals surface area contributed by atoms with E-state index in [0.717, 1.165) is 32.0 Å². The summed E-state index contributed by atoms with van der Waals surface area (Å²) in [5.41, 5.74) is 7.46. The van der Waals surface area contributed by atoms with Crippen LogP contribution >= 0.6 is 27.3 Å². The molecule has 0 aliphatic carbocycles. The summed E-state index contributed by atoms with van der Waals surface area (Å²) in [5, 5.41) is 0.822. The summed E-state index contributed by atoms with van der Waals surface area (Å²) in [4.78, 5) is 5.58. The van der Waals surface area contributed by atoms with Gasteiger partial charge in [-0.25, -0.2) is 9.37 Å². The Morgan fingerprint density at radius 1 is 1.41 bits per heavy atom. The molecule has 0 unspecified atom stereocenters. The van der Waals surface area contributed by atoms with Gasteiger partial charge in [-0.3, -0.25) is 0 Å². The first-order chi connectivity index (χ1) is 8.13. The van der Waals surface area contributed by atoms with Gasteiger partial charge >= 0.3 is 0 Å². The van der Waals surface area contributed by atoms with Gasteiger partial charge in [0.15, 0.2) is 0 Å². The second-order valence-electron chi connectivity index (χ2n) is 3.60. The Hall–Kier alpha value is -0.780. The highest BCUT2D eigenvalue weighted by Gasteiger charge is 2.11. The molecule has 2 aromatic rings. The van der Waals surface area contributed by atoms with E-state index in [1.807, 2.05) is 13.0 Å². The van der Waals surface area contributed by atoms with Gasteiger partial charge in [0.25, 0.3) is 0 Å². The van der Waals surface area contributed by atoms with Gasteiger partial charge < -0.3 is 5.73 Å². The molecule has 0 spiro atoms. The van der Waals surface area contributed by atoms with E-state index in [9.17, 15) is 4.39 Å². The van der Waals surface area contributed by atoms with Crippen LogP contribution in [0.5, 0.6) is 0 Å². The molecule has 1 heterocycles. The van der Waals surface area contributed by atoms with E-state index in [-0.39, 0.29) is 5.82 Å². The number of nitrogens with two attached hydrogens (primary N) is 1. The van der Waals surface area contributed by atoms with Crippen LogP contribution in [0.3, 0.4) is 0 Å². The predicted octanol–water partition coefficient (Wildman–Crippen LogP) is 3.73. The third-order valence-electron chi connectivity index (χ3n) is 2.41. The first-order valence-corrected chi connectivity index (χ1v) is 6.90. The van der Waals surface area contributed by atoms with Crippen molar-refractivity contribution in [3.05, 3.63) is 39.1 Å². The molecule has 0 fully saturated rings. The van der Waals surface area contributed by atoms with E-state index in [4.69, 9.17) is 5.73 Å². The normalized spacial score (nSPS) is 10.8. The Morgan fingerprint density at radius 2 is 2.18 bits per heavy atom. The average Bonchev–Trinajstić information content (AvgIpc) is 2.70. The van der Waals surface area contributed by atoms with E-state index < -0.39 is 0 Å². The number of halogens is 2. The Kier molecular flexibility index (Phi) is 3.91. The lowest BCUT2D eigenvalue weighted by molar-refractivity contribution is 0.627. The lowest BCUT2D eigenvalue weighted by Gasteiger charge is -1.98. The zero-order valence-corrected chi connectivity index (χ0v) is 11.7. The summed E-state index contributed by atoms with van der Waals surface area (Å²) in [7, 11) is 0. The highest BCUT2D eigenvalue weighted by molar-refractivity contribution is 9.10. The minimum absolute atomic E-state index is 0.267. The minimum Gasteiger partial charge on any atom is -0.326 e. The molecule has 1 aromatic heterocycles. The van der Waals surface area contributed by atoms with Gasteiger partial charge in [-0.2, -0.15) is 0 Å². The monoisotopic (exact) mass is 314 g/mol. The lowest BCUT2D eigenvalue weighted by atomic mass is 10.2. The van der Waals surface area contributed by atoms with Crippen LogP contribution in [0.1, 0.15) is 17.5 Å². The molecule has 0 amide bonds. The molecule has 2 rings (SSSR count). The fraction of sp³-hybridized carbons (Fsp3) is 0.250. The van der Waals surface area contributed by atoms with Crippen LogP contribution in [0.4, 0.5) is 4.39 Å². The number of nitrogens with zero attached hydrogens (tertiary/aromatic N) is 1. The second kappa shape index (κ2) is 5.25. The van der Waals surface area contributed by atoms with Gasteiger partial charge in [-0.1, -0.05) is 22.9 Å². The lowest BCUT2D eigenvalue weighted by Crippen LogP contribution is -1.96. The van der Waals surface area contributed by atoms with Gasteiger partial charge in [0.05, 0.1) is 5.69 Å². The predicted molar refractivity (Wildman–Crippen MR) is 72.5 cm³/mol. The van der Waals surface area contributed by atoms with Crippen LogP contribution in [0, 0.1) is 5.82 Å². The van der Waals surface area contributed by atoms with Crippen LogP contribution in [0.2, 0.25) is 0 Å². The van der Waals surface area contributed by atoms with Crippen molar-refractivity contribution in [2.45, 2.75) is 19.9 Å². The van der Waals surface area contributed by atoms with Gasteiger partial charge in [-0.05, 0) is 24.6 Å². The molecule has 17 heavy (non-hydrogen) atoms. The maximum Gasteiger partial charge on any atom is 0.125 e. The molecule has 1 aromatic carbocycles. The van der Waals surface area contributed by atoms with E-state index in [2.05, 4.69) is 20.9 Å². The van der Waals surface area contributed by atoms with E-state index in [1.54, 1.807) is 0 Å². The van der Waals surface area contributed by atoms with Crippen LogP contribution < -0.4 is 5.73 Å². The van der Waals surface area contributed by atoms with Crippen LogP contribution in [0.15, 0.2) is 22.7 Å². The molecule has 0 bridgehead atoms. The fourth-order valence-electron chi connectivity index (χ4n) is 1.62. The van der Waals surface area contributed by atoms with Gasteiger partial charge in [-0.15, -0.1) is 11.3 Å². The summed E-state index contributed by atoms with van der Waals surface area (Å²) < 4.78 is 14.0. The molecule has 90 valence electrons. The van der Waals surface area contributed by atoms with Crippen molar-refractivity contribution < 1.29 is 4.39 Å². The third-order valence-corrected chi connectivity index (χ3v) is 4.03. The molecule has 2 nitrogen and oxygen atoms in total. The molecular formula is C12H12BrFN2S. The Bertz CT molecular complexity index is 498. The number of thiazole rings is 1. The molecule has 5 heteroatoms. The highest BCUT2D eigenvalue weighted by Crippen LogP contribution is 2.30. The van der Waals surface area contributed by atoms with Crippen molar-refractivity contribution in [1.29, 1.82) is 0 Å². The third kappa shape index (κ3) is 2.73. The molecular weight excluding hydrogens is 303 g/mol. The van der Waals surface area contributed by atoms with Crippen molar-refractivity contribution in [3.63, 3.8) is 0 Å². The largest absolute Gasteiger partial charge is 0.326 e. The van der Waals surface area contributed by atoms with Crippen LogP contribution in [-0.4, -0.2) is 4.98 Å². The van der Waals surface area contributed by atoms with Crippen molar-refractivity contribution in [1.82, 2.24) is 4.98 Å². The van der Waals surface area contributed by atoms with Gasteiger partial charge in [0, 0.05) is 21.5 Å². The number of aromatic nitrogens is 1. The Balaban J connectivity index is 2.48. The zero-order chi connectivity index (χ0) is 12.4.